The number of nitrogens with zero attached hydrogens (tertiary/aromatic N) is 1. The standard InChI is InChI=1S/C33H27F2N3O4/c1-20-13-14-26(33(39)40)27(15-20)42-32-29(35)30(37-19-21-7-3-2-4-8-21)28(34)31(38-32)41-25-12-6-11-24(17-25)23-10-5-9-22(16-23)18-36/h2-17H,18-19,36H2,1H3,(H,37,38)(H,39,40). The SMILES string of the molecule is Cc1ccc(C(=O)O)c(Oc2nc(Oc3cccc(-c4cccc(CN)c4)c3)c(F)c(NCc3ccccc3)c2F)c1. The monoisotopic (exact) mass is 567 g/mol. The smallest absolute Gasteiger partial charge is 0.339 e. The van der Waals surface area contributed by atoms with Crippen molar-refractivity contribution in [3.63, 3.8) is 0 Å². The lowest BCUT2D eigenvalue weighted by Crippen LogP contribution is -2.09. The molecule has 4 aromatic carbocycles. The van der Waals surface area contributed by atoms with Gasteiger partial charge >= 0.3 is 5.97 Å². The molecular weight excluding hydrogens is 540 g/mol. The van der Waals surface area contributed by atoms with Gasteiger partial charge in [0.25, 0.3) is 11.8 Å². The molecule has 0 bridgehead atoms. The minimum absolute atomic E-state index is 0.0926. The fourth-order valence-electron chi connectivity index (χ4n) is 4.30. The van der Waals surface area contributed by atoms with Gasteiger partial charge in [-0.2, -0.15) is 13.8 Å². The Hall–Kier alpha value is -5.28. The van der Waals surface area contributed by atoms with Gasteiger partial charge < -0.3 is 25.6 Å². The zero-order chi connectivity index (χ0) is 29.6. The number of hydrogen-bond acceptors (Lipinski definition) is 6. The number of nitrogens with one attached hydrogen (secondary N) is 1. The van der Waals surface area contributed by atoms with Crippen molar-refractivity contribution in [1.29, 1.82) is 0 Å². The molecule has 0 radical (unpaired) electrons. The van der Waals surface area contributed by atoms with Gasteiger partial charge in [-0.05, 0) is 65.1 Å². The number of pyridine rings is 1. The van der Waals surface area contributed by atoms with Crippen molar-refractivity contribution in [3.8, 4) is 34.4 Å². The summed E-state index contributed by atoms with van der Waals surface area (Å²) in [7, 11) is 0. The number of anilines is 1. The summed E-state index contributed by atoms with van der Waals surface area (Å²) in [5.41, 5.74) is 9.10. The van der Waals surface area contributed by atoms with E-state index in [9.17, 15) is 9.90 Å². The van der Waals surface area contributed by atoms with Gasteiger partial charge in [0.15, 0.2) is 0 Å². The van der Waals surface area contributed by atoms with Crippen molar-refractivity contribution in [3.05, 3.63) is 131 Å². The largest absolute Gasteiger partial charge is 0.478 e. The molecule has 0 aliphatic rings. The molecule has 0 spiro atoms. The predicted octanol–water partition coefficient (Wildman–Crippen LogP) is 7.69. The van der Waals surface area contributed by atoms with E-state index >= 15 is 8.78 Å². The Bertz CT molecular complexity index is 1750. The van der Waals surface area contributed by atoms with Crippen molar-refractivity contribution in [1.82, 2.24) is 4.98 Å². The molecule has 0 atom stereocenters. The summed E-state index contributed by atoms with van der Waals surface area (Å²) < 4.78 is 43.0. The zero-order valence-corrected chi connectivity index (χ0v) is 22.6. The number of rotatable bonds is 10. The molecule has 5 rings (SSSR count). The molecule has 1 heterocycles. The maximum atomic E-state index is 15.8. The van der Waals surface area contributed by atoms with Crippen LogP contribution in [0.5, 0.6) is 23.3 Å². The first kappa shape index (κ1) is 28.3. The molecule has 0 aliphatic carbocycles. The first-order valence-electron chi connectivity index (χ1n) is 13.1. The van der Waals surface area contributed by atoms with Gasteiger partial charge in [-0.15, -0.1) is 0 Å². The average Bonchev–Trinajstić information content (AvgIpc) is 3.00. The Morgan fingerprint density at radius 1 is 0.833 bits per heavy atom. The maximum Gasteiger partial charge on any atom is 0.339 e. The number of aryl methyl sites for hydroxylation is 1. The molecule has 212 valence electrons. The second-order valence-electron chi connectivity index (χ2n) is 9.51. The highest BCUT2D eigenvalue weighted by Crippen LogP contribution is 2.38. The molecular formula is C33H27F2N3O4. The second kappa shape index (κ2) is 12.5. The van der Waals surface area contributed by atoms with Crippen LogP contribution in [0.25, 0.3) is 11.1 Å². The summed E-state index contributed by atoms with van der Waals surface area (Å²) in [6.07, 6.45) is 0. The van der Waals surface area contributed by atoms with Gasteiger partial charge in [-0.1, -0.05) is 66.7 Å². The van der Waals surface area contributed by atoms with Crippen molar-refractivity contribution < 1.29 is 28.2 Å². The molecule has 9 heteroatoms. The van der Waals surface area contributed by atoms with Crippen LogP contribution in [0.2, 0.25) is 0 Å². The number of aromatic carboxylic acids is 1. The third kappa shape index (κ3) is 6.37. The number of carboxylic acid groups (broad SMARTS) is 1. The van der Waals surface area contributed by atoms with Crippen molar-refractivity contribution >= 4 is 11.7 Å². The molecule has 0 saturated carbocycles. The number of carboxylic acids is 1. The highest BCUT2D eigenvalue weighted by Gasteiger charge is 2.25. The van der Waals surface area contributed by atoms with Gasteiger partial charge in [0.1, 0.15) is 22.7 Å². The number of carbonyl (C=O) groups is 1. The van der Waals surface area contributed by atoms with E-state index < -0.39 is 35.1 Å². The van der Waals surface area contributed by atoms with E-state index in [0.717, 1.165) is 22.3 Å². The number of ether oxygens (including phenoxy) is 2. The van der Waals surface area contributed by atoms with E-state index in [1.165, 1.54) is 12.1 Å². The fraction of sp³-hybridized carbons (Fsp3) is 0.0909. The number of benzene rings is 4. The summed E-state index contributed by atoms with van der Waals surface area (Å²) in [5.74, 6) is -4.61. The molecule has 0 unspecified atom stereocenters. The molecule has 0 saturated heterocycles. The van der Waals surface area contributed by atoms with Crippen LogP contribution >= 0.6 is 0 Å². The molecule has 4 N–H and O–H groups in total. The molecule has 1 aromatic heterocycles. The van der Waals surface area contributed by atoms with E-state index in [1.54, 1.807) is 55.5 Å². The highest BCUT2D eigenvalue weighted by molar-refractivity contribution is 5.91. The van der Waals surface area contributed by atoms with Crippen LogP contribution in [-0.2, 0) is 13.1 Å². The number of aromatic nitrogens is 1. The van der Waals surface area contributed by atoms with Gasteiger partial charge in [-0.25, -0.2) is 4.79 Å². The average molecular weight is 568 g/mol. The lowest BCUT2D eigenvalue weighted by Gasteiger charge is -2.16. The van der Waals surface area contributed by atoms with Crippen molar-refractivity contribution in [2.75, 3.05) is 5.32 Å². The maximum absolute atomic E-state index is 15.8. The number of hydrogen-bond donors (Lipinski definition) is 3. The third-order valence-corrected chi connectivity index (χ3v) is 6.45. The summed E-state index contributed by atoms with van der Waals surface area (Å²) in [6, 6.07) is 28.0. The topological polar surface area (TPSA) is 107 Å². The minimum Gasteiger partial charge on any atom is -0.478 e. The second-order valence-corrected chi connectivity index (χ2v) is 9.51. The van der Waals surface area contributed by atoms with Crippen LogP contribution in [0.4, 0.5) is 14.5 Å². The Labute approximate surface area is 241 Å². The van der Waals surface area contributed by atoms with Crippen molar-refractivity contribution in [2.45, 2.75) is 20.0 Å². The molecule has 0 aliphatic heterocycles. The van der Waals surface area contributed by atoms with Crippen LogP contribution in [0, 0.1) is 18.6 Å². The zero-order valence-electron chi connectivity index (χ0n) is 22.6. The van der Waals surface area contributed by atoms with E-state index in [-0.39, 0.29) is 23.6 Å². The van der Waals surface area contributed by atoms with Crippen LogP contribution in [-0.4, -0.2) is 16.1 Å². The van der Waals surface area contributed by atoms with E-state index in [0.29, 0.717) is 12.1 Å². The molecule has 0 fully saturated rings. The molecule has 42 heavy (non-hydrogen) atoms. The third-order valence-electron chi connectivity index (χ3n) is 6.45. The van der Waals surface area contributed by atoms with Gasteiger partial charge in [0.2, 0.25) is 11.6 Å². The minimum atomic E-state index is -1.28. The summed E-state index contributed by atoms with van der Waals surface area (Å²) in [5, 5.41) is 12.4. The molecule has 7 nitrogen and oxygen atoms in total. The van der Waals surface area contributed by atoms with E-state index in [2.05, 4.69) is 10.3 Å². The highest BCUT2D eigenvalue weighted by atomic mass is 19.1. The first-order valence-corrected chi connectivity index (χ1v) is 13.1. The van der Waals surface area contributed by atoms with Crippen molar-refractivity contribution in [2.24, 2.45) is 5.73 Å². The fourth-order valence-corrected chi connectivity index (χ4v) is 4.30. The van der Waals surface area contributed by atoms with Gasteiger partial charge in [0, 0.05) is 13.1 Å². The van der Waals surface area contributed by atoms with Crippen LogP contribution < -0.4 is 20.5 Å². The molecule has 0 amide bonds. The lowest BCUT2D eigenvalue weighted by atomic mass is 10.0. The van der Waals surface area contributed by atoms with Gasteiger partial charge in [0.05, 0.1) is 0 Å². The van der Waals surface area contributed by atoms with Crippen LogP contribution in [0.3, 0.4) is 0 Å². The number of halogens is 2. The first-order chi connectivity index (χ1) is 20.3. The Morgan fingerprint density at radius 3 is 2.21 bits per heavy atom. The van der Waals surface area contributed by atoms with Crippen LogP contribution in [0.1, 0.15) is 27.0 Å². The number of nitrogens with two attached hydrogens (primary N) is 1. The predicted molar refractivity (Wildman–Crippen MR) is 156 cm³/mol. The molecule has 5 aromatic rings. The Morgan fingerprint density at radius 2 is 1.50 bits per heavy atom. The summed E-state index contributed by atoms with van der Waals surface area (Å²) in [4.78, 5) is 15.8. The Kier molecular flexibility index (Phi) is 8.40. The Balaban J connectivity index is 1.55. The summed E-state index contributed by atoms with van der Waals surface area (Å²) >= 11 is 0. The van der Waals surface area contributed by atoms with Crippen LogP contribution in [0.15, 0.2) is 97.1 Å². The quantitative estimate of drug-likeness (QED) is 0.159. The lowest BCUT2D eigenvalue weighted by molar-refractivity contribution is 0.0694. The normalized spacial score (nSPS) is 10.8. The van der Waals surface area contributed by atoms with E-state index in [1.807, 2.05) is 36.4 Å². The summed E-state index contributed by atoms with van der Waals surface area (Å²) in [6.45, 7) is 2.20. The van der Waals surface area contributed by atoms with E-state index in [4.69, 9.17) is 15.2 Å². The van der Waals surface area contributed by atoms with Gasteiger partial charge in [-0.3, -0.25) is 0 Å².